The van der Waals surface area contributed by atoms with E-state index in [9.17, 15) is 8.78 Å². The van der Waals surface area contributed by atoms with E-state index < -0.39 is 5.92 Å². The van der Waals surface area contributed by atoms with Gasteiger partial charge >= 0.3 is 0 Å². The fourth-order valence-corrected chi connectivity index (χ4v) is 3.84. The predicted octanol–water partition coefficient (Wildman–Crippen LogP) is 4.96. The van der Waals surface area contributed by atoms with Crippen LogP contribution in [-0.4, -0.2) is 31.9 Å². The highest BCUT2D eigenvalue weighted by Crippen LogP contribution is 2.34. The SMILES string of the molecule is Cc1csc(-c2nc(NC3CCC(F)(F)CC3)cc(-c3ccccn3)n2)n1. The van der Waals surface area contributed by atoms with E-state index in [4.69, 9.17) is 0 Å². The lowest BCUT2D eigenvalue weighted by atomic mass is 9.92. The molecule has 1 aliphatic rings. The zero-order valence-electron chi connectivity index (χ0n) is 14.8. The lowest BCUT2D eigenvalue weighted by molar-refractivity contribution is -0.0361. The smallest absolute Gasteiger partial charge is 0.248 e. The molecule has 0 radical (unpaired) electrons. The van der Waals surface area contributed by atoms with Gasteiger partial charge in [-0.05, 0) is 31.9 Å². The molecule has 27 heavy (non-hydrogen) atoms. The number of thiazole rings is 1. The van der Waals surface area contributed by atoms with Gasteiger partial charge in [-0.2, -0.15) is 0 Å². The molecule has 3 aromatic rings. The van der Waals surface area contributed by atoms with Gasteiger partial charge < -0.3 is 5.32 Å². The third kappa shape index (κ3) is 4.27. The highest BCUT2D eigenvalue weighted by atomic mass is 32.1. The molecule has 0 saturated heterocycles. The van der Waals surface area contributed by atoms with Crippen molar-refractivity contribution in [1.29, 1.82) is 0 Å². The zero-order valence-corrected chi connectivity index (χ0v) is 15.6. The normalized spacial score (nSPS) is 17.0. The molecule has 4 rings (SSSR count). The van der Waals surface area contributed by atoms with Crippen molar-refractivity contribution in [3.63, 3.8) is 0 Å². The fraction of sp³-hybridized carbons (Fsp3) is 0.368. The minimum absolute atomic E-state index is 0.0259. The predicted molar refractivity (Wildman–Crippen MR) is 102 cm³/mol. The second-order valence-corrected chi connectivity index (χ2v) is 7.60. The summed E-state index contributed by atoms with van der Waals surface area (Å²) in [6.45, 7) is 1.92. The van der Waals surface area contributed by atoms with Gasteiger partial charge in [0.2, 0.25) is 5.92 Å². The van der Waals surface area contributed by atoms with E-state index in [2.05, 4.69) is 25.3 Å². The van der Waals surface area contributed by atoms with E-state index >= 15 is 0 Å². The van der Waals surface area contributed by atoms with Crippen molar-refractivity contribution in [3.05, 3.63) is 41.5 Å². The highest BCUT2D eigenvalue weighted by Gasteiger charge is 2.35. The molecule has 5 nitrogen and oxygen atoms in total. The molecule has 0 aromatic carbocycles. The first-order valence-corrected chi connectivity index (χ1v) is 9.74. The summed E-state index contributed by atoms with van der Waals surface area (Å²) in [5.41, 5.74) is 2.32. The van der Waals surface area contributed by atoms with Crippen LogP contribution in [0.3, 0.4) is 0 Å². The van der Waals surface area contributed by atoms with Gasteiger partial charge in [0.15, 0.2) is 10.8 Å². The van der Waals surface area contributed by atoms with Gasteiger partial charge in [0.05, 0.1) is 11.4 Å². The van der Waals surface area contributed by atoms with Crippen LogP contribution in [0.15, 0.2) is 35.8 Å². The molecule has 0 aliphatic heterocycles. The largest absolute Gasteiger partial charge is 0.367 e. The first-order valence-electron chi connectivity index (χ1n) is 8.86. The average molecular weight is 387 g/mol. The molecule has 0 bridgehead atoms. The number of halogens is 2. The van der Waals surface area contributed by atoms with Crippen molar-refractivity contribution in [2.45, 2.75) is 44.6 Å². The Labute approximate surface area is 159 Å². The Hall–Kier alpha value is -2.48. The Bertz CT molecular complexity index is 919. The summed E-state index contributed by atoms with van der Waals surface area (Å²) in [5, 5.41) is 5.98. The van der Waals surface area contributed by atoms with Gasteiger partial charge in [-0.1, -0.05) is 6.07 Å². The van der Waals surface area contributed by atoms with Crippen LogP contribution in [0.2, 0.25) is 0 Å². The number of alkyl halides is 2. The maximum atomic E-state index is 13.4. The summed E-state index contributed by atoms with van der Waals surface area (Å²) in [5.74, 6) is -1.42. The fourth-order valence-electron chi connectivity index (χ4n) is 3.11. The topological polar surface area (TPSA) is 63.6 Å². The molecule has 3 aromatic heterocycles. The number of aryl methyl sites for hydroxylation is 1. The summed E-state index contributed by atoms with van der Waals surface area (Å²) >= 11 is 1.48. The van der Waals surface area contributed by atoms with Crippen molar-refractivity contribution in [2.24, 2.45) is 0 Å². The summed E-state index contributed by atoms with van der Waals surface area (Å²) in [7, 11) is 0. The molecule has 8 heteroatoms. The van der Waals surface area contributed by atoms with Gasteiger partial charge in [0.1, 0.15) is 5.82 Å². The standard InChI is InChI=1S/C19H19F2N5S/c1-12-11-27-18(23-12)17-25-15(14-4-2-3-9-22-14)10-16(26-17)24-13-5-7-19(20,21)8-6-13/h2-4,9-11,13H,5-8H2,1H3,(H,24,25,26). The van der Waals surface area contributed by atoms with Crippen LogP contribution in [0, 0.1) is 6.92 Å². The third-order valence-corrected chi connectivity index (χ3v) is 5.49. The third-order valence-electron chi connectivity index (χ3n) is 4.53. The molecule has 1 aliphatic carbocycles. The molecule has 0 amide bonds. The second kappa shape index (κ2) is 7.26. The van der Waals surface area contributed by atoms with Gasteiger partial charge in [-0.15, -0.1) is 11.3 Å². The summed E-state index contributed by atoms with van der Waals surface area (Å²) < 4.78 is 26.8. The van der Waals surface area contributed by atoms with Crippen molar-refractivity contribution < 1.29 is 8.78 Å². The summed E-state index contributed by atoms with van der Waals surface area (Å²) in [4.78, 5) is 18.0. The second-order valence-electron chi connectivity index (χ2n) is 6.75. The first-order chi connectivity index (χ1) is 13.0. The highest BCUT2D eigenvalue weighted by molar-refractivity contribution is 7.13. The lowest BCUT2D eigenvalue weighted by Gasteiger charge is -2.29. The Morgan fingerprint density at radius 1 is 1.11 bits per heavy atom. The molecule has 0 unspecified atom stereocenters. The van der Waals surface area contributed by atoms with Crippen LogP contribution in [0.1, 0.15) is 31.4 Å². The summed E-state index contributed by atoms with van der Waals surface area (Å²) in [6, 6.07) is 7.41. The minimum atomic E-state index is -2.55. The van der Waals surface area contributed by atoms with E-state index in [1.54, 1.807) is 6.20 Å². The molecule has 3 heterocycles. The van der Waals surface area contributed by atoms with Crippen molar-refractivity contribution in [1.82, 2.24) is 19.9 Å². The molecule has 0 spiro atoms. The zero-order chi connectivity index (χ0) is 18.9. The van der Waals surface area contributed by atoms with Gasteiger partial charge in [0, 0.05) is 42.2 Å². The molecule has 1 saturated carbocycles. The first kappa shape index (κ1) is 17.9. The van der Waals surface area contributed by atoms with Crippen LogP contribution < -0.4 is 5.32 Å². The quantitative estimate of drug-likeness (QED) is 0.685. The number of rotatable bonds is 4. The van der Waals surface area contributed by atoms with Crippen molar-refractivity contribution >= 4 is 17.2 Å². The van der Waals surface area contributed by atoms with Crippen LogP contribution in [0.5, 0.6) is 0 Å². The van der Waals surface area contributed by atoms with Crippen LogP contribution >= 0.6 is 11.3 Å². The van der Waals surface area contributed by atoms with E-state index in [1.165, 1.54) is 11.3 Å². The Balaban J connectivity index is 1.66. The van der Waals surface area contributed by atoms with Crippen LogP contribution in [0.25, 0.3) is 22.2 Å². The molecule has 1 fully saturated rings. The molecule has 1 N–H and O–H groups in total. The van der Waals surface area contributed by atoms with Gasteiger partial charge in [-0.25, -0.2) is 23.7 Å². The number of hydrogen-bond donors (Lipinski definition) is 1. The lowest BCUT2D eigenvalue weighted by Crippen LogP contribution is -2.32. The molecule has 140 valence electrons. The van der Waals surface area contributed by atoms with Crippen molar-refractivity contribution in [3.8, 4) is 22.2 Å². The Kier molecular flexibility index (Phi) is 4.82. The van der Waals surface area contributed by atoms with E-state index in [0.29, 0.717) is 30.2 Å². The number of nitrogens with one attached hydrogen (secondary N) is 1. The number of anilines is 1. The van der Waals surface area contributed by atoms with E-state index in [1.807, 2.05) is 36.6 Å². The molecule has 0 atom stereocenters. The number of nitrogens with zero attached hydrogens (tertiary/aromatic N) is 4. The van der Waals surface area contributed by atoms with Crippen LogP contribution in [0.4, 0.5) is 14.6 Å². The summed E-state index contributed by atoms with van der Waals surface area (Å²) in [6.07, 6.45) is 2.35. The van der Waals surface area contributed by atoms with Crippen molar-refractivity contribution in [2.75, 3.05) is 5.32 Å². The minimum Gasteiger partial charge on any atom is -0.367 e. The van der Waals surface area contributed by atoms with E-state index in [-0.39, 0.29) is 18.9 Å². The Morgan fingerprint density at radius 2 is 1.93 bits per heavy atom. The molecular formula is C19H19F2N5S. The number of hydrogen-bond acceptors (Lipinski definition) is 6. The number of pyridine rings is 1. The monoisotopic (exact) mass is 387 g/mol. The maximum Gasteiger partial charge on any atom is 0.248 e. The molecular weight excluding hydrogens is 368 g/mol. The van der Waals surface area contributed by atoms with Gasteiger partial charge in [0.25, 0.3) is 0 Å². The van der Waals surface area contributed by atoms with Gasteiger partial charge in [-0.3, -0.25) is 4.98 Å². The average Bonchev–Trinajstić information content (AvgIpc) is 3.10. The number of aromatic nitrogens is 4. The van der Waals surface area contributed by atoms with E-state index in [0.717, 1.165) is 16.4 Å². The Morgan fingerprint density at radius 3 is 2.59 bits per heavy atom. The maximum absolute atomic E-state index is 13.4. The van der Waals surface area contributed by atoms with Crippen LogP contribution in [-0.2, 0) is 0 Å².